The summed E-state index contributed by atoms with van der Waals surface area (Å²) in [6.45, 7) is 3.48. The molecule has 1 aromatic rings. The van der Waals surface area contributed by atoms with Crippen molar-refractivity contribution in [2.45, 2.75) is 0 Å². The molecule has 0 N–H and O–H groups in total. The zero-order valence-corrected chi connectivity index (χ0v) is 13.0. The van der Waals surface area contributed by atoms with Gasteiger partial charge in [-0.25, -0.2) is 0 Å². The fourth-order valence-electron chi connectivity index (χ4n) is 2.50. The van der Waals surface area contributed by atoms with E-state index in [1.165, 1.54) is 0 Å². The molecule has 2 aliphatic heterocycles. The van der Waals surface area contributed by atoms with E-state index in [1.54, 1.807) is 12.4 Å². The number of carbonyl (C=O) groups is 1. The SMILES string of the molecule is O=C(C1CN(c2ccncc2Br)C1)N1CCSCC1. The summed E-state index contributed by atoms with van der Waals surface area (Å²) < 4.78 is 0.996. The molecule has 0 spiro atoms. The van der Waals surface area contributed by atoms with Crippen molar-refractivity contribution >= 4 is 39.3 Å². The molecular weight excluding hydrogens is 326 g/mol. The molecule has 0 radical (unpaired) electrons. The summed E-state index contributed by atoms with van der Waals surface area (Å²) in [5, 5.41) is 0. The van der Waals surface area contributed by atoms with Gasteiger partial charge >= 0.3 is 0 Å². The van der Waals surface area contributed by atoms with E-state index in [-0.39, 0.29) is 5.92 Å². The third kappa shape index (κ3) is 2.74. The summed E-state index contributed by atoms with van der Waals surface area (Å²) in [4.78, 5) is 20.6. The molecule has 0 bridgehead atoms. The van der Waals surface area contributed by atoms with Gasteiger partial charge in [-0.15, -0.1) is 0 Å². The van der Waals surface area contributed by atoms with Crippen LogP contribution in [0, 0.1) is 5.92 Å². The lowest BCUT2D eigenvalue weighted by atomic mass is 9.97. The fourth-order valence-corrected chi connectivity index (χ4v) is 3.90. The predicted molar refractivity (Wildman–Crippen MR) is 81.5 cm³/mol. The van der Waals surface area contributed by atoms with Crippen LogP contribution in [-0.4, -0.2) is 53.5 Å². The number of pyridine rings is 1. The lowest BCUT2D eigenvalue weighted by molar-refractivity contribution is -0.135. The third-order valence-corrected chi connectivity index (χ3v) is 5.20. The first kappa shape index (κ1) is 13.2. The number of carbonyl (C=O) groups excluding carboxylic acids is 1. The van der Waals surface area contributed by atoms with Crippen LogP contribution in [0.5, 0.6) is 0 Å². The number of hydrogen-bond acceptors (Lipinski definition) is 4. The normalized spacial score (nSPS) is 20.3. The summed E-state index contributed by atoms with van der Waals surface area (Å²) in [5.74, 6) is 2.67. The van der Waals surface area contributed by atoms with E-state index in [4.69, 9.17) is 0 Å². The van der Waals surface area contributed by atoms with Gasteiger partial charge in [0.25, 0.3) is 0 Å². The van der Waals surface area contributed by atoms with Gasteiger partial charge in [-0.3, -0.25) is 9.78 Å². The van der Waals surface area contributed by atoms with Crippen molar-refractivity contribution in [1.29, 1.82) is 0 Å². The molecule has 0 aliphatic carbocycles. The Morgan fingerprint density at radius 2 is 2.11 bits per heavy atom. The van der Waals surface area contributed by atoms with Crippen molar-refractivity contribution in [2.24, 2.45) is 5.92 Å². The van der Waals surface area contributed by atoms with Crippen LogP contribution in [0.2, 0.25) is 0 Å². The Morgan fingerprint density at radius 3 is 2.79 bits per heavy atom. The molecule has 1 amide bonds. The van der Waals surface area contributed by atoms with Gasteiger partial charge in [0.05, 0.1) is 16.1 Å². The van der Waals surface area contributed by atoms with E-state index in [1.807, 2.05) is 22.7 Å². The zero-order valence-electron chi connectivity index (χ0n) is 10.6. The minimum atomic E-state index is 0.170. The average molecular weight is 342 g/mol. The molecule has 3 rings (SSSR count). The first-order chi connectivity index (χ1) is 9.25. The first-order valence-electron chi connectivity index (χ1n) is 6.46. The largest absolute Gasteiger partial charge is 0.369 e. The smallest absolute Gasteiger partial charge is 0.229 e. The molecular formula is C13H16BrN3OS. The van der Waals surface area contributed by atoms with Crippen molar-refractivity contribution < 1.29 is 4.79 Å². The van der Waals surface area contributed by atoms with Crippen molar-refractivity contribution in [3.8, 4) is 0 Å². The average Bonchev–Trinajstić information content (AvgIpc) is 2.40. The Balaban J connectivity index is 1.57. The van der Waals surface area contributed by atoms with Crippen LogP contribution in [0.3, 0.4) is 0 Å². The standard InChI is InChI=1S/C13H16BrN3OS/c14-11-7-15-2-1-12(11)17-8-10(9-17)13(18)16-3-5-19-6-4-16/h1-2,7,10H,3-6,8-9H2. The van der Waals surface area contributed by atoms with E-state index in [9.17, 15) is 4.79 Å². The minimum Gasteiger partial charge on any atom is -0.369 e. The second kappa shape index (κ2) is 5.71. The quantitative estimate of drug-likeness (QED) is 0.822. The molecule has 2 aliphatic rings. The Bertz CT molecular complexity index is 473. The van der Waals surface area contributed by atoms with E-state index in [2.05, 4.69) is 25.8 Å². The summed E-state index contributed by atoms with van der Waals surface area (Å²) in [6.07, 6.45) is 3.59. The van der Waals surface area contributed by atoms with Crippen LogP contribution < -0.4 is 4.90 Å². The summed E-state index contributed by atoms with van der Waals surface area (Å²) in [6, 6.07) is 1.99. The molecule has 0 atom stereocenters. The number of hydrogen-bond donors (Lipinski definition) is 0. The molecule has 102 valence electrons. The number of halogens is 1. The maximum Gasteiger partial charge on any atom is 0.229 e. The summed E-state index contributed by atoms with van der Waals surface area (Å²) >= 11 is 5.44. The van der Waals surface area contributed by atoms with Crippen molar-refractivity contribution in [3.05, 3.63) is 22.9 Å². The lowest BCUT2D eigenvalue weighted by Gasteiger charge is -2.43. The molecule has 4 nitrogen and oxygen atoms in total. The Labute approximate surface area is 125 Å². The lowest BCUT2D eigenvalue weighted by Crippen LogP contribution is -2.55. The molecule has 3 heterocycles. The van der Waals surface area contributed by atoms with E-state index < -0.39 is 0 Å². The monoisotopic (exact) mass is 341 g/mol. The van der Waals surface area contributed by atoms with E-state index >= 15 is 0 Å². The number of thioether (sulfide) groups is 1. The van der Waals surface area contributed by atoms with Gasteiger partial charge < -0.3 is 9.80 Å². The zero-order chi connectivity index (χ0) is 13.2. The van der Waals surface area contributed by atoms with Crippen LogP contribution in [0.25, 0.3) is 0 Å². The highest BCUT2D eigenvalue weighted by molar-refractivity contribution is 9.10. The van der Waals surface area contributed by atoms with Crippen LogP contribution >= 0.6 is 27.7 Å². The Kier molecular flexibility index (Phi) is 3.98. The highest BCUT2D eigenvalue weighted by Crippen LogP contribution is 2.31. The second-order valence-electron chi connectivity index (χ2n) is 4.87. The van der Waals surface area contributed by atoms with Gasteiger partial charge in [-0.05, 0) is 22.0 Å². The van der Waals surface area contributed by atoms with Gasteiger partial charge in [0.15, 0.2) is 0 Å². The summed E-state index contributed by atoms with van der Waals surface area (Å²) in [7, 11) is 0. The second-order valence-corrected chi connectivity index (χ2v) is 6.95. The number of aromatic nitrogens is 1. The first-order valence-corrected chi connectivity index (χ1v) is 8.41. The highest BCUT2D eigenvalue weighted by atomic mass is 79.9. The minimum absolute atomic E-state index is 0.170. The maximum absolute atomic E-state index is 12.3. The van der Waals surface area contributed by atoms with Gasteiger partial charge in [0.2, 0.25) is 5.91 Å². The van der Waals surface area contributed by atoms with Gasteiger partial charge in [0, 0.05) is 50.1 Å². The predicted octanol–water partition coefficient (Wildman–Crippen LogP) is 1.86. The van der Waals surface area contributed by atoms with Crippen LogP contribution in [-0.2, 0) is 4.79 Å². The molecule has 2 saturated heterocycles. The molecule has 2 fully saturated rings. The maximum atomic E-state index is 12.3. The van der Waals surface area contributed by atoms with Gasteiger partial charge in [-0.2, -0.15) is 11.8 Å². The molecule has 0 aromatic carbocycles. The molecule has 1 aromatic heterocycles. The molecule has 19 heavy (non-hydrogen) atoms. The van der Waals surface area contributed by atoms with E-state index in [0.717, 1.165) is 47.8 Å². The summed E-state index contributed by atoms with van der Waals surface area (Å²) in [5.41, 5.74) is 1.13. The number of rotatable bonds is 2. The Morgan fingerprint density at radius 1 is 1.37 bits per heavy atom. The van der Waals surface area contributed by atoms with Crippen molar-refractivity contribution in [3.63, 3.8) is 0 Å². The number of anilines is 1. The van der Waals surface area contributed by atoms with E-state index in [0.29, 0.717) is 5.91 Å². The fraction of sp³-hybridized carbons (Fsp3) is 0.538. The Hall–Kier alpha value is -0.750. The topological polar surface area (TPSA) is 36.4 Å². The van der Waals surface area contributed by atoms with Gasteiger partial charge in [0.1, 0.15) is 0 Å². The number of amides is 1. The van der Waals surface area contributed by atoms with Crippen LogP contribution in [0.15, 0.2) is 22.9 Å². The van der Waals surface area contributed by atoms with Crippen molar-refractivity contribution in [2.75, 3.05) is 42.6 Å². The molecule has 0 saturated carbocycles. The number of nitrogens with zero attached hydrogens (tertiary/aromatic N) is 3. The van der Waals surface area contributed by atoms with Crippen LogP contribution in [0.4, 0.5) is 5.69 Å². The van der Waals surface area contributed by atoms with Crippen LogP contribution in [0.1, 0.15) is 0 Å². The molecule has 6 heteroatoms. The highest BCUT2D eigenvalue weighted by Gasteiger charge is 2.36. The van der Waals surface area contributed by atoms with Gasteiger partial charge in [-0.1, -0.05) is 0 Å². The molecule has 0 unspecified atom stereocenters. The van der Waals surface area contributed by atoms with Crippen molar-refractivity contribution in [1.82, 2.24) is 9.88 Å². The third-order valence-electron chi connectivity index (χ3n) is 3.65.